The van der Waals surface area contributed by atoms with Crippen molar-refractivity contribution in [3.05, 3.63) is 139 Å². The van der Waals surface area contributed by atoms with Crippen LogP contribution < -0.4 is 24.9 Å². The maximum Gasteiger partial charge on any atom is 0.338 e. The normalized spacial score (nSPS) is 14.4. The summed E-state index contributed by atoms with van der Waals surface area (Å²) in [7, 11) is 0. The second-order valence-corrected chi connectivity index (χ2v) is 11.4. The van der Waals surface area contributed by atoms with Gasteiger partial charge in [0.05, 0.1) is 40.6 Å². The molecule has 0 spiro atoms. The van der Waals surface area contributed by atoms with Crippen LogP contribution in [0.2, 0.25) is 0 Å². The van der Waals surface area contributed by atoms with Gasteiger partial charge in [0, 0.05) is 17.3 Å². The van der Waals surface area contributed by atoms with Crippen molar-refractivity contribution < 1.29 is 23.5 Å². The van der Waals surface area contributed by atoms with Gasteiger partial charge in [-0.3, -0.25) is 14.2 Å². The van der Waals surface area contributed by atoms with E-state index in [1.54, 1.807) is 73.0 Å². The molecule has 0 radical (unpaired) electrons. The van der Waals surface area contributed by atoms with E-state index < -0.39 is 6.04 Å². The molecule has 3 heterocycles. The van der Waals surface area contributed by atoms with Crippen molar-refractivity contribution in [2.45, 2.75) is 26.8 Å². The average Bonchev–Trinajstić information content (AvgIpc) is 3.65. The highest BCUT2D eigenvalue weighted by Crippen LogP contribution is 2.32. The standard InChI is InChI=1S/C36H31N3O6S/c1-4-43-27-17-15-24(16-18-27)32-31(33(40)38-26-9-7-6-8-10-26)22(3)37-36-39(32)34(41)30(46-36)21-28-19-20-29(45-28)23-11-13-25(14-12-23)35(42)44-5-2/h6-21,32H,4-5H2,1-3H3,(H,38,40)/b30-21-/t32-/m0/s1. The number of allylic oxidation sites excluding steroid dienone is 1. The number of thiazole rings is 1. The summed E-state index contributed by atoms with van der Waals surface area (Å²) in [5, 5.41) is 2.96. The second-order valence-electron chi connectivity index (χ2n) is 10.4. The van der Waals surface area contributed by atoms with E-state index in [1.165, 1.54) is 11.3 Å². The van der Waals surface area contributed by atoms with Crippen LogP contribution >= 0.6 is 11.3 Å². The molecule has 0 saturated carbocycles. The number of benzene rings is 3. The highest BCUT2D eigenvalue weighted by molar-refractivity contribution is 7.07. The molecule has 10 heteroatoms. The van der Waals surface area contributed by atoms with Crippen LogP contribution in [0.1, 0.15) is 48.5 Å². The van der Waals surface area contributed by atoms with E-state index >= 15 is 0 Å². The van der Waals surface area contributed by atoms with Crippen molar-refractivity contribution in [2.24, 2.45) is 4.99 Å². The number of hydrogen-bond acceptors (Lipinski definition) is 8. The number of carbonyl (C=O) groups excluding carboxylic acids is 2. The molecule has 232 valence electrons. The van der Waals surface area contributed by atoms with E-state index in [1.807, 2.05) is 49.4 Å². The number of anilines is 1. The monoisotopic (exact) mass is 633 g/mol. The molecule has 3 aromatic carbocycles. The number of amides is 1. The number of ether oxygens (including phenoxy) is 2. The topological polar surface area (TPSA) is 112 Å². The van der Waals surface area contributed by atoms with Crippen molar-refractivity contribution in [1.29, 1.82) is 0 Å². The van der Waals surface area contributed by atoms with Gasteiger partial charge in [-0.1, -0.05) is 53.8 Å². The molecule has 1 amide bonds. The predicted molar refractivity (Wildman–Crippen MR) is 177 cm³/mol. The third kappa shape index (κ3) is 6.20. The Labute approximate surface area is 268 Å². The molecular weight excluding hydrogens is 602 g/mol. The molecule has 1 aliphatic heterocycles. The third-order valence-electron chi connectivity index (χ3n) is 7.39. The van der Waals surface area contributed by atoms with E-state index in [-0.39, 0.29) is 17.4 Å². The SMILES string of the molecule is CCOC(=O)c1ccc(-c2ccc(/C=c3\sc4n(c3=O)[C@@H](c3ccc(OCC)cc3)C(C(=O)Nc3ccccc3)=C(C)N=4)o2)cc1. The highest BCUT2D eigenvalue weighted by atomic mass is 32.1. The average molecular weight is 634 g/mol. The molecule has 1 aliphatic rings. The maximum absolute atomic E-state index is 14.1. The van der Waals surface area contributed by atoms with Gasteiger partial charge in [-0.05, 0) is 74.9 Å². The minimum absolute atomic E-state index is 0.295. The molecule has 0 unspecified atom stereocenters. The summed E-state index contributed by atoms with van der Waals surface area (Å²) in [4.78, 5) is 45.0. The van der Waals surface area contributed by atoms with Crippen LogP contribution in [-0.2, 0) is 9.53 Å². The molecule has 5 aromatic rings. The van der Waals surface area contributed by atoms with Crippen LogP contribution in [-0.4, -0.2) is 29.7 Å². The molecule has 9 nitrogen and oxygen atoms in total. The minimum atomic E-state index is -0.720. The van der Waals surface area contributed by atoms with Gasteiger partial charge in [0.15, 0.2) is 4.80 Å². The zero-order valence-corrected chi connectivity index (χ0v) is 26.3. The predicted octanol–water partition coefficient (Wildman–Crippen LogP) is 5.71. The quantitative estimate of drug-likeness (QED) is 0.208. The van der Waals surface area contributed by atoms with Crippen LogP contribution in [0.25, 0.3) is 17.4 Å². The molecule has 1 N–H and O–H groups in total. The first-order valence-electron chi connectivity index (χ1n) is 14.9. The fourth-order valence-electron chi connectivity index (χ4n) is 5.26. The van der Waals surface area contributed by atoms with Crippen molar-refractivity contribution in [2.75, 3.05) is 18.5 Å². The Balaban J connectivity index is 1.38. The number of rotatable bonds is 9. The van der Waals surface area contributed by atoms with Gasteiger partial charge in [-0.2, -0.15) is 0 Å². The van der Waals surface area contributed by atoms with Gasteiger partial charge in [0.2, 0.25) is 0 Å². The summed E-state index contributed by atoms with van der Waals surface area (Å²) in [5.41, 5.74) is 3.21. The summed E-state index contributed by atoms with van der Waals surface area (Å²) in [6, 6.07) is 26.4. The third-order valence-corrected chi connectivity index (χ3v) is 8.37. The van der Waals surface area contributed by atoms with E-state index in [9.17, 15) is 14.4 Å². The number of aromatic nitrogens is 1. The van der Waals surface area contributed by atoms with Crippen molar-refractivity contribution in [3.8, 4) is 17.1 Å². The Morgan fingerprint density at radius 1 is 0.957 bits per heavy atom. The summed E-state index contributed by atoms with van der Waals surface area (Å²) >= 11 is 1.23. The van der Waals surface area contributed by atoms with Crippen LogP contribution in [0.5, 0.6) is 5.75 Å². The molecule has 6 rings (SSSR count). The Bertz CT molecular complexity index is 2110. The lowest BCUT2D eigenvalue weighted by atomic mass is 9.95. The fraction of sp³-hybridized carbons (Fsp3) is 0.167. The lowest BCUT2D eigenvalue weighted by Crippen LogP contribution is -2.40. The number of fused-ring (bicyclic) bond motifs is 1. The summed E-state index contributed by atoms with van der Waals surface area (Å²) in [5.74, 6) is 1.02. The Hall–Kier alpha value is -5.48. The number of esters is 1. The van der Waals surface area contributed by atoms with Gasteiger partial charge in [-0.15, -0.1) is 0 Å². The molecule has 2 aromatic heterocycles. The van der Waals surface area contributed by atoms with Gasteiger partial charge in [0.1, 0.15) is 17.3 Å². The molecule has 1 atom stereocenters. The van der Waals surface area contributed by atoms with E-state index in [0.717, 1.165) is 11.1 Å². The number of hydrogen-bond donors (Lipinski definition) is 1. The first-order valence-corrected chi connectivity index (χ1v) is 15.7. The molecule has 0 aliphatic carbocycles. The van der Waals surface area contributed by atoms with Crippen LogP contribution in [0, 0.1) is 0 Å². The number of furan rings is 1. The van der Waals surface area contributed by atoms with Gasteiger partial charge in [-0.25, -0.2) is 9.79 Å². The molecule has 0 bridgehead atoms. The molecule has 0 fully saturated rings. The highest BCUT2D eigenvalue weighted by Gasteiger charge is 2.32. The summed E-state index contributed by atoms with van der Waals surface area (Å²) in [6.45, 7) is 6.28. The first kappa shape index (κ1) is 30.5. The van der Waals surface area contributed by atoms with E-state index in [4.69, 9.17) is 18.9 Å². The number of carbonyl (C=O) groups is 2. The lowest BCUT2D eigenvalue weighted by Gasteiger charge is -2.25. The number of nitrogens with one attached hydrogen (secondary N) is 1. The maximum atomic E-state index is 14.1. The molecular formula is C36H31N3O6S. The fourth-order valence-corrected chi connectivity index (χ4v) is 6.29. The minimum Gasteiger partial charge on any atom is -0.494 e. The molecule has 46 heavy (non-hydrogen) atoms. The zero-order valence-electron chi connectivity index (χ0n) is 25.5. The Kier molecular flexibility index (Phi) is 8.80. The van der Waals surface area contributed by atoms with E-state index in [2.05, 4.69) is 5.32 Å². The largest absolute Gasteiger partial charge is 0.494 e. The van der Waals surface area contributed by atoms with Gasteiger partial charge < -0.3 is 19.2 Å². The second kappa shape index (κ2) is 13.3. The van der Waals surface area contributed by atoms with E-state index in [0.29, 0.717) is 62.3 Å². The number of para-hydroxylation sites is 1. The Morgan fingerprint density at radius 2 is 1.70 bits per heavy atom. The first-order chi connectivity index (χ1) is 22.4. The zero-order chi connectivity index (χ0) is 32.2. The van der Waals surface area contributed by atoms with Gasteiger partial charge in [0.25, 0.3) is 11.5 Å². The van der Waals surface area contributed by atoms with Crippen molar-refractivity contribution in [1.82, 2.24) is 4.57 Å². The van der Waals surface area contributed by atoms with Crippen molar-refractivity contribution >= 4 is 35.0 Å². The summed E-state index contributed by atoms with van der Waals surface area (Å²) in [6.07, 6.45) is 1.68. The van der Waals surface area contributed by atoms with Crippen LogP contribution in [0.3, 0.4) is 0 Å². The smallest absolute Gasteiger partial charge is 0.338 e. The Morgan fingerprint density at radius 3 is 2.39 bits per heavy atom. The van der Waals surface area contributed by atoms with Crippen LogP contribution in [0.4, 0.5) is 5.69 Å². The van der Waals surface area contributed by atoms with Crippen LogP contribution in [0.15, 0.2) is 116 Å². The van der Waals surface area contributed by atoms with Crippen molar-refractivity contribution in [3.63, 3.8) is 0 Å². The van der Waals surface area contributed by atoms with Gasteiger partial charge >= 0.3 is 5.97 Å². The molecule has 0 saturated heterocycles. The summed E-state index contributed by atoms with van der Waals surface area (Å²) < 4.78 is 18.7. The number of nitrogens with zero attached hydrogens (tertiary/aromatic N) is 2. The lowest BCUT2D eigenvalue weighted by molar-refractivity contribution is -0.113.